The van der Waals surface area contributed by atoms with Crippen molar-refractivity contribution in [2.75, 3.05) is 18.0 Å². The van der Waals surface area contributed by atoms with E-state index >= 15 is 0 Å². The minimum Gasteiger partial charge on any atom is -0.476 e. The topological polar surface area (TPSA) is 66.3 Å². The zero-order chi connectivity index (χ0) is 13.5. The zero-order valence-corrected chi connectivity index (χ0v) is 11.3. The molecule has 5 nitrogen and oxygen atoms in total. The van der Waals surface area contributed by atoms with Crippen LogP contribution in [0, 0.1) is 5.92 Å². The van der Waals surface area contributed by atoms with Crippen molar-refractivity contribution in [1.82, 2.24) is 9.97 Å². The molecule has 0 saturated heterocycles. The van der Waals surface area contributed by atoms with Crippen LogP contribution in [0.5, 0.6) is 0 Å². The molecule has 0 atom stereocenters. The molecule has 0 bridgehead atoms. The Kier molecular flexibility index (Phi) is 5.55. The molecule has 0 aliphatic heterocycles. The summed E-state index contributed by atoms with van der Waals surface area (Å²) in [5.41, 5.74) is -0.0164. The highest BCUT2D eigenvalue weighted by molar-refractivity contribution is 5.84. The second kappa shape index (κ2) is 6.93. The van der Waals surface area contributed by atoms with Crippen molar-refractivity contribution in [3.05, 3.63) is 18.1 Å². The van der Waals surface area contributed by atoms with Crippen LogP contribution >= 0.6 is 0 Å². The van der Waals surface area contributed by atoms with Crippen LogP contribution in [0.4, 0.5) is 5.82 Å². The Balaban J connectivity index is 2.78. The molecular weight excluding hydrogens is 230 g/mol. The van der Waals surface area contributed by atoms with E-state index in [4.69, 9.17) is 5.11 Å². The number of carboxylic acids is 1. The van der Waals surface area contributed by atoms with Gasteiger partial charge in [-0.25, -0.2) is 14.8 Å². The van der Waals surface area contributed by atoms with Gasteiger partial charge < -0.3 is 10.0 Å². The Morgan fingerprint density at radius 1 is 1.28 bits per heavy atom. The molecule has 0 unspecified atom stereocenters. The van der Waals surface area contributed by atoms with E-state index < -0.39 is 5.97 Å². The summed E-state index contributed by atoms with van der Waals surface area (Å²) in [6.07, 6.45) is 5.11. The summed E-state index contributed by atoms with van der Waals surface area (Å²) in [5, 5.41) is 8.78. The van der Waals surface area contributed by atoms with Gasteiger partial charge in [0, 0.05) is 13.1 Å². The molecule has 18 heavy (non-hydrogen) atoms. The molecule has 0 aromatic carbocycles. The van der Waals surface area contributed by atoms with Crippen LogP contribution in [-0.4, -0.2) is 34.1 Å². The van der Waals surface area contributed by atoms with Crippen LogP contribution in [0.15, 0.2) is 12.4 Å². The van der Waals surface area contributed by atoms with E-state index in [0.29, 0.717) is 5.92 Å². The van der Waals surface area contributed by atoms with E-state index in [9.17, 15) is 4.79 Å². The molecule has 1 heterocycles. The van der Waals surface area contributed by atoms with Crippen molar-refractivity contribution in [1.29, 1.82) is 0 Å². The number of carboxylic acid groups (broad SMARTS) is 1. The Morgan fingerprint density at radius 3 is 2.33 bits per heavy atom. The Labute approximate surface area is 108 Å². The molecule has 0 aliphatic carbocycles. The minimum atomic E-state index is -1.04. The van der Waals surface area contributed by atoms with E-state index in [0.717, 1.165) is 31.7 Å². The fraction of sp³-hybridized carbons (Fsp3) is 0.615. The van der Waals surface area contributed by atoms with Crippen molar-refractivity contribution >= 4 is 11.8 Å². The number of aromatic nitrogens is 2. The highest BCUT2D eigenvalue weighted by Gasteiger charge is 2.13. The van der Waals surface area contributed by atoms with Gasteiger partial charge in [0.25, 0.3) is 0 Å². The lowest BCUT2D eigenvalue weighted by atomic mass is 10.0. The van der Waals surface area contributed by atoms with Crippen LogP contribution in [0.3, 0.4) is 0 Å². The average Bonchev–Trinajstić information content (AvgIpc) is 2.40. The van der Waals surface area contributed by atoms with Gasteiger partial charge in [0.1, 0.15) is 5.82 Å². The molecule has 1 N–H and O–H groups in total. The lowest BCUT2D eigenvalue weighted by molar-refractivity contribution is 0.0690. The number of anilines is 1. The third-order valence-electron chi connectivity index (χ3n) is 3.20. The monoisotopic (exact) mass is 251 g/mol. The number of aromatic carboxylic acids is 1. The molecule has 0 aliphatic rings. The first kappa shape index (κ1) is 14.4. The van der Waals surface area contributed by atoms with Gasteiger partial charge in [-0.2, -0.15) is 0 Å². The lowest BCUT2D eigenvalue weighted by Crippen LogP contribution is -2.30. The van der Waals surface area contributed by atoms with Crippen LogP contribution in [0.1, 0.15) is 44.1 Å². The molecule has 100 valence electrons. The maximum Gasteiger partial charge on any atom is 0.356 e. The van der Waals surface area contributed by atoms with Gasteiger partial charge in [0.15, 0.2) is 5.69 Å². The number of hydrogen-bond donors (Lipinski definition) is 1. The van der Waals surface area contributed by atoms with Crippen LogP contribution in [0.25, 0.3) is 0 Å². The first-order valence-electron chi connectivity index (χ1n) is 6.42. The van der Waals surface area contributed by atoms with E-state index in [1.165, 1.54) is 12.4 Å². The summed E-state index contributed by atoms with van der Waals surface area (Å²) >= 11 is 0. The molecule has 0 amide bonds. The molecular formula is C13H21N3O2. The highest BCUT2D eigenvalue weighted by atomic mass is 16.4. The molecule has 0 saturated carbocycles. The fourth-order valence-corrected chi connectivity index (χ4v) is 1.84. The van der Waals surface area contributed by atoms with Gasteiger partial charge in [-0.1, -0.05) is 26.7 Å². The average molecular weight is 251 g/mol. The van der Waals surface area contributed by atoms with Crippen LogP contribution in [-0.2, 0) is 0 Å². The maximum absolute atomic E-state index is 10.7. The molecule has 0 spiro atoms. The Hall–Kier alpha value is -1.65. The van der Waals surface area contributed by atoms with Crippen molar-refractivity contribution in [2.45, 2.75) is 33.6 Å². The number of nitrogens with zero attached hydrogens (tertiary/aromatic N) is 3. The Bertz CT molecular complexity index is 374. The van der Waals surface area contributed by atoms with Crippen LogP contribution in [0.2, 0.25) is 0 Å². The molecule has 5 heteroatoms. The molecule has 0 fully saturated rings. The van der Waals surface area contributed by atoms with Crippen LogP contribution < -0.4 is 4.90 Å². The summed E-state index contributed by atoms with van der Waals surface area (Å²) in [7, 11) is 0. The molecule has 0 radical (unpaired) electrons. The largest absolute Gasteiger partial charge is 0.476 e. The SMILES string of the molecule is CCC(CC)CN(CC)c1cnc(C(=O)O)cn1. The zero-order valence-electron chi connectivity index (χ0n) is 11.3. The van der Waals surface area contributed by atoms with Gasteiger partial charge >= 0.3 is 5.97 Å². The maximum atomic E-state index is 10.7. The van der Waals surface area contributed by atoms with E-state index in [2.05, 4.69) is 35.6 Å². The molecule has 1 rings (SSSR count). The third kappa shape index (κ3) is 3.68. The van der Waals surface area contributed by atoms with Gasteiger partial charge in [-0.05, 0) is 12.8 Å². The minimum absolute atomic E-state index is 0.0164. The standard InChI is InChI=1S/C13H21N3O2/c1-4-10(5-2)9-16(6-3)12-8-14-11(7-15-12)13(17)18/h7-8,10H,4-6,9H2,1-3H3,(H,17,18). The smallest absolute Gasteiger partial charge is 0.356 e. The number of carbonyl (C=O) groups is 1. The highest BCUT2D eigenvalue weighted by Crippen LogP contribution is 2.15. The van der Waals surface area contributed by atoms with Gasteiger partial charge in [-0.15, -0.1) is 0 Å². The Morgan fingerprint density at radius 2 is 1.94 bits per heavy atom. The first-order chi connectivity index (χ1) is 8.62. The van der Waals surface area contributed by atoms with Crippen molar-refractivity contribution in [3.63, 3.8) is 0 Å². The number of rotatable bonds is 7. The second-order valence-electron chi connectivity index (χ2n) is 4.29. The summed E-state index contributed by atoms with van der Waals surface area (Å²) < 4.78 is 0. The van der Waals surface area contributed by atoms with Crippen molar-refractivity contribution < 1.29 is 9.90 Å². The normalized spacial score (nSPS) is 10.7. The fourth-order valence-electron chi connectivity index (χ4n) is 1.84. The first-order valence-corrected chi connectivity index (χ1v) is 6.42. The molecule has 1 aromatic heterocycles. The summed E-state index contributed by atoms with van der Waals surface area (Å²) in [5.74, 6) is 0.331. The van der Waals surface area contributed by atoms with E-state index in [1.807, 2.05) is 0 Å². The molecule has 1 aromatic rings. The predicted molar refractivity (Wildman–Crippen MR) is 71.0 cm³/mol. The second-order valence-corrected chi connectivity index (χ2v) is 4.29. The lowest BCUT2D eigenvalue weighted by Gasteiger charge is -2.26. The van der Waals surface area contributed by atoms with E-state index in [-0.39, 0.29) is 5.69 Å². The van der Waals surface area contributed by atoms with Gasteiger partial charge in [0.05, 0.1) is 12.4 Å². The van der Waals surface area contributed by atoms with E-state index in [1.54, 1.807) is 0 Å². The number of hydrogen-bond acceptors (Lipinski definition) is 4. The quantitative estimate of drug-likeness (QED) is 0.806. The van der Waals surface area contributed by atoms with Gasteiger partial charge in [0.2, 0.25) is 0 Å². The summed E-state index contributed by atoms with van der Waals surface area (Å²) in [6.45, 7) is 8.21. The summed E-state index contributed by atoms with van der Waals surface area (Å²) in [4.78, 5) is 20.9. The predicted octanol–water partition coefficient (Wildman–Crippen LogP) is 2.44. The van der Waals surface area contributed by atoms with Crippen molar-refractivity contribution in [3.8, 4) is 0 Å². The summed E-state index contributed by atoms with van der Waals surface area (Å²) in [6, 6.07) is 0. The van der Waals surface area contributed by atoms with Gasteiger partial charge in [-0.3, -0.25) is 0 Å². The third-order valence-corrected chi connectivity index (χ3v) is 3.20. The van der Waals surface area contributed by atoms with Crippen molar-refractivity contribution in [2.24, 2.45) is 5.92 Å².